The minimum Gasteiger partial charge on any atom is -0.276 e. The number of hydrogen-bond acceptors (Lipinski definition) is 2. The van der Waals surface area contributed by atoms with Gasteiger partial charge < -0.3 is 0 Å². The molecule has 0 saturated heterocycles. The summed E-state index contributed by atoms with van der Waals surface area (Å²) >= 11 is 15.4. The first-order valence-electron chi connectivity index (χ1n) is 6.11. The fourth-order valence-corrected chi connectivity index (χ4v) is 2.76. The first-order valence-corrected chi connectivity index (χ1v) is 7.72. The van der Waals surface area contributed by atoms with Gasteiger partial charge in [0.15, 0.2) is 11.5 Å². The maximum Gasteiger partial charge on any atom is 0.165 e. The fraction of sp³-hybridized carbons (Fsp3) is 0.143. The molecule has 0 bridgehead atoms. The zero-order chi connectivity index (χ0) is 15.1. The van der Waals surface area contributed by atoms with Crippen LogP contribution in [-0.4, -0.2) is 14.5 Å². The Bertz CT molecular complexity index is 832. The van der Waals surface area contributed by atoms with Gasteiger partial charge in [-0.25, -0.2) is 14.4 Å². The number of hydrogen-bond donors (Lipinski definition) is 0. The van der Waals surface area contributed by atoms with Crippen LogP contribution in [0.1, 0.15) is 18.1 Å². The topological polar surface area (TPSA) is 30.7 Å². The highest BCUT2D eigenvalue weighted by atomic mass is 79.9. The number of aromatic nitrogens is 3. The van der Waals surface area contributed by atoms with Gasteiger partial charge in [0.2, 0.25) is 0 Å². The smallest absolute Gasteiger partial charge is 0.165 e. The van der Waals surface area contributed by atoms with Crippen molar-refractivity contribution in [2.45, 2.75) is 12.3 Å². The maximum absolute atomic E-state index is 14.4. The van der Waals surface area contributed by atoms with Gasteiger partial charge in [-0.15, -0.1) is 11.6 Å². The molecule has 0 spiro atoms. The summed E-state index contributed by atoms with van der Waals surface area (Å²) in [5, 5.41) is -0.365. The van der Waals surface area contributed by atoms with Crippen LogP contribution in [0.25, 0.3) is 16.9 Å². The summed E-state index contributed by atoms with van der Waals surface area (Å²) in [4.78, 5) is 8.77. The van der Waals surface area contributed by atoms with Gasteiger partial charge in [-0.2, -0.15) is 0 Å². The number of alkyl halides is 1. The predicted molar refractivity (Wildman–Crippen MR) is 85.8 cm³/mol. The van der Waals surface area contributed by atoms with E-state index < -0.39 is 11.2 Å². The summed E-state index contributed by atoms with van der Waals surface area (Å²) in [6.07, 6.45) is 1.63. The second-order valence-corrected chi connectivity index (χ2v) is 6.47. The van der Waals surface area contributed by atoms with Crippen molar-refractivity contribution < 1.29 is 4.39 Å². The van der Waals surface area contributed by atoms with Gasteiger partial charge in [-0.05, 0) is 41.1 Å². The van der Waals surface area contributed by atoms with Crippen LogP contribution in [0.5, 0.6) is 0 Å². The largest absolute Gasteiger partial charge is 0.276 e. The monoisotopic (exact) mass is 387 g/mol. The number of nitrogens with zero attached hydrogens (tertiary/aromatic N) is 3. The van der Waals surface area contributed by atoms with Gasteiger partial charge in [0.05, 0.1) is 16.1 Å². The Morgan fingerprint density at radius 3 is 2.86 bits per heavy atom. The molecule has 1 atom stereocenters. The molecule has 0 fully saturated rings. The normalized spacial score (nSPS) is 12.8. The molecule has 0 aliphatic rings. The number of halogens is 4. The molecule has 21 heavy (non-hydrogen) atoms. The van der Waals surface area contributed by atoms with Gasteiger partial charge in [-0.1, -0.05) is 17.7 Å². The quantitative estimate of drug-likeness (QED) is 0.559. The van der Waals surface area contributed by atoms with Crippen LogP contribution >= 0.6 is 39.1 Å². The Hall–Kier alpha value is -1.17. The highest BCUT2D eigenvalue weighted by molar-refractivity contribution is 9.10. The summed E-state index contributed by atoms with van der Waals surface area (Å²) in [6.45, 7) is 1.77. The lowest BCUT2D eigenvalue weighted by Crippen LogP contribution is -2.05. The summed E-state index contributed by atoms with van der Waals surface area (Å²) in [5.74, 6) is -0.0137. The standard InChI is InChI=1S/C14H9BrCl2FN3/c1-7(16)13-20-10-5-8(15)6-19-14(10)21(13)11-4-2-3-9(17)12(11)18/h2-7H,1H3. The van der Waals surface area contributed by atoms with Crippen molar-refractivity contribution in [1.29, 1.82) is 0 Å². The van der Waals surface area contributed by atoms with Crippen LogP contribution in [0.15, 0.2) is 34.9 Å². The molecule has 3 nitrogen and oxygen atoms in total. The molecule has 0 radical (unpaired) electrons. The Kier molecular flexibility index (Phi) is 3.90. The molecule has 0 amide bonds. The van der Waals surface area contributed by atoms with Crippen molar-refractivity contribution in [2.75, 3.05) is 0 Å². The molecule has 7 heteroatoms. The molecule has 0 aliphatic carbocycles. The van der Waals surface area contributed by atoms with Crippen LogP contribution in [0.3, 0.4) is 0 Å². The highest BCUT2D eigenvalue weighted by Gasteiger charge is 2.20. The molecule has 1 unspecified atom stereocenters. The lowest BCUT2D eigenvalue weighted by atomic mass is 10.3. The second kappa shape index (κ2) is 5.55. The van der Waals surface area contributed by atoms with Crippen LogP contribution in [0.2, 0.25) is 5.02 Å². The lowest BCUT2D eigenvalue weighted by molar-refractivity contribution is 0.616. The zero-order valence-electron chi connectivity index (χ0n) is 10.8. The third-order valence-corrected chi connectivity index (χ3v) is 3.94. The summed E-state index contributed by atoms with van der Waals surface area (Å²) in [6, 6.07) is 6.60. The van der Waals surface area contributed by atoms with Crippen molar-refractivity contribution in [3.8, 4) is 5.69 Å². The van der Waals surface area contributed by atoms with Gasteiger partial charge >= 0.3 is 0 Å². The molecule has 108 valence electrons. The lowest BCUT2D eigenvalue weighted by Gasteiger charge is -2.11. The molecule has 2 heterocycles. The van der Waals surface area contributed by atoms with E-state index in [1.165, 1.54) is 6.07 Å². The number of rotatable bonds is 2. The van der Waals surface area contributed by atoms with Crippen LogP contribution < -0.4 is 0 Å². The third-order valence-electron chi connectivity index (χ3n) is 3.02. The van der Waals surface area contributed by atoms with Crippen molar-refractivity contribution in [3.63, 3.8) is 0 Å². The van der Waals surface area contributed by atoms with Crippen LogP contribution in [0.4, 0.5) is 4.39 Å². The molecular formula is C14H9BrCl2FN3. The van der Waals surface area contributed by atoms with E-state index in [4.69, 9.17) is 23.2 Å². The van der Waals surface area contributed by atoms with E-state index in [1.807, 2.05) is 6.07 Å². The van der Waals surface area contributed by atoms with Gasteiger partial charge in [0, 0.05) is 10.7 Å². The molecule has 3 aromatic rings. The van der Waals surface area contributed by atoms with Gasteiger partial charge in [0.25, 0.3) is 0 Å². The van der Waals surface area contributed by atoms with Gasteiger partial charge in [0.1, 0.15) is 11.3 Å². The number of fused-ring (bicyclic) bond motifs is 1. The third kappa shape index (κ3) is 2.54. The Balaban J connectivity index is 2.39. The SMILES string of the molecule is CC(Cl)c1nc2cc(Br)cnc2n1-c1cccc(Cl)c1F. The number of benzene rings is 1. The molecule has 1 aromatic carbocycles. The number of imidazole rings is 1. The van der Waals surface area contributed by atoms with E-state index in [0.29, 0.717) is 17.0 Å². The van der Waals surface area contributed by atoms with E-state index >= 15 is 0 Å². The minimum absolute atomic E-state index is 0.0413. The molecule has 0 aliphatic heterocycles. The van der Waals surface area contributed by atoms with E-state index in [9.17, 15) is 4.39 Å². The van der Waals surface area contributed by atoms with Crippen LogP contribution in [0, 0.1) is 5.82 Å². The first-order chi connectivity index (χ1) is 9.99. The first kappa shape index (κ1) is 14.8. The molecule has 0 N–H and O–H groups in total. The van der Waals surface area contributed by atoms with E-state index in [1.54, 1.807) is 29.8 Å². The second-order valence-electron chi connectivity index (χ2n) is 4.49. The Morgan fingerprint density at radius 1 is 1.38 bits per heavy atom. The van der Waals surface area contributed by atoms with Gasteiger partial charge in [-0.3, -0.25) is 4.57 Å². The average Bonchev–Trinajstić information content (AvgIpc) is 2.80. The van der Waals surface area contributed by atoms with E-state index in [0.717, 1.165) is 4.47 Å². The molecule has 3 rings (SSSR count). The van der Waals surface area contributed by atoms with Crippen molar-refractivity contribution in [3.05, 3.63) is 51.6 Å². The fourth-order valence-electron chi connectivity index (χ4n) is 2.13. The summed E-state index contributed by atoms with van der Waals surface area (Å²) < 4.78 is 16.7. The zero-order valence-corrected chi connectivity index (χ0v) is 13.9. The van der Waals surface area contributed by atoms with Crippen molar-refractivity contribution in [1.82, 2.24) is 14.5 Å². The number of pyridine rings is 1. The maximum atomic E-state index is 14.4. The minimum atomic E-state index is -0.526. The van der Waals surface area contributed by atoms with Crippen LogP contribution in [-0.2, 0) is 0 Å². The highest BCUT2D eigenvalue weighted by Crippen LogP contribution is 2.31. The molecule has 0 saturated carbocycles. The molecule has 2 aromatic heterocycles. The van der Waals surface area contributed by atoms with E-state index in [-0.39, 0.29) is 10.7 Å². The molecular weight excluding hydrogens is 380 g/mol. The summed E-state index contributed by atoms with van der Waals surface area (Å²) in [7, 11) is 0. The average molecular weight is 389 g/mol. The van der Waals surface area contributed by atoms with Crippen molar-refractivity contribution >= 4 is 50.3 Å². The van der Waals surface area contributed by atoms with E-state index in [2.05, 4.69) is 25.9 Å². The predicted octanol–water partition coefficient (Wildman–Crippen LogP) is 5.28. The Labute approximate surface area is 138 Å². The summed E-state index contributed by atoms with van der Waals surface area (Å²) in [5.41, 5.74) is 1.44. The van der Waals surface area contributed by atoms with Crippen molar-refractivity contribution in [2.24, 2.45) is 0 Å². The Morgan fingerprint density at radius 2 is 2.14 bits per heavy atom.